The van der Waals surface area contributed by atoms with Crippen molar-refractivity contribution in [3.8, 4) is 11.3 Å². The number of aliphatic hydroxyl groups excluding tert-OH is 1. The van der Waals surface area contributed by atoms with Crippen molar-refractivity contribution in [1.29, 1.82) is 0 Å². The summed E-state index contributed by atoms with van der Waals surface area (Å²) in [4.78, 5) is 7.10. The molecule has 1 heterocycles. The standard InChI is InChI=1S/C17H14F2N2O/c1-10-7-12(5-6-14(10)19)16(22)17-20-9-15(21-17)11-3-2-4-13(18)8-11/h2-9,16,22H,1H3,(H,20,21). The van der Waals surface area contributed by atoms with Crippen LogP contribution in [0, 0.1) is 18.6 Å². The van der Waals surface area contributed by atoms with Crippen molar-refractivity contribution < 1.29 is 13.9 Å². The lowest BCUT2D eigenvalue weighted by molar-refractivity contribution is 0.211. The molecule has 0 fully saturated rings. The number of aliphatic hydroxyl groups is 1. The number of hydrogen-bond acceptors (Lipinski definition) is 2. The van der Waals surface area contributed by atoms with Crippen molar-refractivity contribution in [2.45, 2.75) is 13.0 Å². The van der Waals surface area contributed by atoms with E-state index in [4.69, 9.17) is 0 Å². The molecule has 3 rings (SSSR count). The first-order valence-electron chi connectivity index (χ1n) is 6.79. The van der Waals surface area contributed by atoms with Crippen molar-refractivity contribution in [1.82, 2.24) is 9.97 Å². The predicted molar refractivity (Wildman–Crippen MR) is 79.2 cm³/mol. The van der Waals surface area contributed by atoms with Crippen molar-refractivity contribution in [3.63, 3.8) is 0 Å². The van der Waals surface area contributed by atoms with Gasteiger partial charge in [-0.15, -0.1) is 0 Å². The number of aromatic amines is 1. The molecule has 0 saturated heterocycles. The molecule has 0 radical (unpaired) electrons. The van der Waals surface area contributed by atoms with Crippen molar-refractivity contribution in [2.75, 3.05) is 0 Å². The highest BCUT2D eigenvalue weighted by atomic mass is 19.1. The van der Waals surface area contributed by atoms with Gasteiger partial charge >= 0.3 is 0 Å². The molecule has 2 N–H and O–H groups in total. The Morgan fingerprint density at radius 2 is 1.95 bits per heavy atom. The quantitative estimate of drug-likeness (QED) is 0.774. The first-order chi connectivity index (χ1) is 10.5. The molecule has 0 amide bonds. The van der Waals surface area contributed by atoms with E-state index in [9.17, 15) is 13.9 Å². The SMILES string of the molecule is Cc1cc(C(O)c2ncc(-c3cccc(F)c3)[nH]2)ccc1F. The Hall–Kier alpha value is -2.53. The number of halogens is 2. The van der Waals surface area contributed by atoms with Gasteiger partial charge in [-0.3, -0.25) is 0 Å². The van der Waals surface area contributed by atoms with Gasteiger partial charge in [-0.2, -0.15) is 0 Å². The molecule has 0 aliphatic rings. The molecule has 3 aromatic rings. The van der Waals surface area contributed by atoms with Crippen LogP contribution in [-0.4, -0.2) is 15.1 Å². The van der Waals surface area contributed by atoms with Gasteiger partial charge in [0.05, 0.1) is 11.9 Å². The molecule has 22 heavy (non-hydrogen) atoms. The smallest absolute Gasteiger partial charge is 0.140 e. The van der Waals surface area contributed by atoms with Gasteiger partial charge < -0.3 is 10.1 Å². The Labute approximate surface area is 126 Å². The van der Waals surface area contributed by atoms with Crippen LogP contribution in [0.4, 0.5) is 8.78 Å². The molecule has 3 nitrogen and oxygen atoms in total. The minimum atomic E-state index is -0.999. The van der Waals surface area contributed by atoms with Crippen molar-refractivity contribution >= 4 is 0 Å². The Bertz CT molecular complexity index is 814. The number of benzene rings is 2. The van der Waals surface area contributed by atoms with Gasteiger partial charge in [0, 0.05) is 5.56 Å². The van der Waals surface area contributed by atoms with Crippen LogP contribution in [0.5, 0.6) is 0 Å². The number of imidazole rings is 1. The molecule has 0 spiro atoms. The molecule has 0 bridgehead atoms. The minimum Gasteiger partial charge on any atom is -0.380 e. The fourth-order valence-electron chi connectivity index (χ4n) is 2.27. The van der Waals surface area contributed by atoms with Crippen LogP contribution >= 0.6 is 0 Å². The van der Waals surface area contributed by atoms with E-state index in [-0.39, 0.29) is 11.6 Å². The Kier molecular flexibility index (Phi) is 3.73. The van der Waals surface area contributed by atoms with E-state index in [0.29, 0.717) is 28.2 Å². The molecule has 5 heteroatoms. The van der Waals surface area contributed by atoms with E-state index in [0.717, 1.165) is 0 Å². The zero-order valence-electron chi connectivity index (χ0n) is 11.8. The summed E-state index contributed by atoms with van der Waals surface area (Å²) in [5.41, 5.74) is 2.24. The molecule has 0 aliphatic carbocycles. The van der Waals surface area contributed by atoms with Crippen molar-refractivity contribution in [3.05, 3.63) is 77.2 Å². The maximum Gasteiger partial charge on any atom is 0.140 e. The largest absolute Gasteiger partial charge is 0.380 e. The highest BCUT2D eigenvalue weighted by Gasteiger charge is 2.16. The highest BCUT2D eigenvalue weighted by molar-refractivity contribution is 5.58. The Morgan fingerprint density at radius 1 is 1.14 bits per heavy atom. The summed E-state index contributed by atoms with van der Waals surface area (Å²) in [6.07, 6.45) is 0.533. The number of aromatic nitrogens is 2. The van der Waals surface area contributed by atoms with Gasteiger partial charge in [-0.25, -0.2) is 13.8 Å². The summed E-state index contributed by atoms with van der Waals surface area (Å²) < 4.78 is 26.5. The average Bonchev–Trinajstić information content (AvgIpc) is 2.99. The maximum absolute atomic E-state index is 13.3. The Morgan fingerprint density at radius 3 is 2.68 bits per heavy atom. The molecule has 2 aromatic carbocycles. The summed E-state index contributed by atoms with van der Waals surface area (Å²) >= 11 is 0. The van der Waals surface area contributed by atoms with Gasteiger partial charge in [-0.05, 0) is 36.2 Å². The van der Waals surface area contributed by atoms with E-state index in [1.807, 2.05) is 0 Å². The lowest BCUT2D eigenvalue weighted by Gasteiger charge is -2.09. The van der Waals surface area contributed by atoms with Crippen LogP contribution in [0.15, 0.2) is 48.7 Å². The van der Waals surface area contributed by atoms with Gasteiger partial charge in [0.1, 0.15) is 23.6 Å². The fraction of sp³-hybridized carbons (Fsp3) is 0.118. The van der Waals surface area contributed by atoms with E-state index < -0.39 is 6.10 Å². The van der Waals surface area contributed by atoms with Crippen LogP contribution in [0.25, 0.3) is 11.3 Å². The monoisotopic (exact) mass is 300 g/mol. The number of nitrogens with one attached hydrogen (secondary N) is 1. The molecule has 0 saturated carbocycles. The van der Waals surface area contributed by atoms with E-state index >= 15 is 0 Å². The van der Waals surface area contributed by atoms with Gasteiger partial charge in [0.2, 0.25) is 0 Å². The molecular formula is C17H14F2N2O. The summed E-state index contributed by atoms with van der Waals surface area (Å²) in [6.45, 7) is 1.63. The molecular weight excluding hydrogens is 286 g/mol. The third kappa shape index (κ3) is 2.76. The van der Waals surface area contributed by atoms with E-state index in [1.54, 1.807) is 25.1 Å². The summed E-state index contributed by atoms with van der Waals surface area (Å²) in [5, 5.41) is 10.3. The topological polar surface area (TPSA) is 48.9 Å². The van der Waals surface area contributed by atoms with Crippen LogP contribution in [-0.2, 0) is 0 Å². The first-order valence-corrected chi connectivity index (χ1v) is 6.79. The van der Waals surface area contributed by atoms with Crippen LogP contribution < -0.4 is 0 Å². The third-order valence-corrected chi connectivity index (χ3v) is 3.49. The highest BCUT2D eigenvalue weighted by Crippen LogP contribution is 2.24. The summed E-state index contributed by atoms with van der Waals surface area (Å²) in [7, 11) is 0. The number of hydrogen-bond donors (Lipinski definition) is 2. The van der Waals surface area contributed by atoms with Crippen LogP contribution in [0.1, 0.15) is 23.1 Å². The second-order valence-corrected chi connectivity index (χ2v) is 5.10. The summed E-state index contributed by atoms with van der Waals surface area (Å²) in [6, 6.07) is 10.5. The average molecular weight is 300 g/mol. The number of H-pyrrole nitrogens is 1. The fourth-order valence-corrected chi connectivity index (χ4v) is 2.27. The first kappa shape index (κ1) is 14.4. The van der Waals surface area contributed by atoms with Gasteiger partial charge in [0.25, 0.3) is 0 Å². The van der Waals surface area contributed by atoms with Gasteiger partial charge in [0.15, 0.2) is 0 Å². The number of rotatable bonds is 3. The zero-order chi connectivity index (χ0) is 15.7. The Balaban J connectivity index is 1.91. The second-order valence-electron chi connectivity index (χ2n) is 5.10. The zero-order valence-corrected chi connectivity index (χ0v) is 11.8. The molecule has 112 valence electrons. The minimum absolute atomic E-state index is 0.323. The van der Waals surface area contributed by atoms with Crippen LogP contribution in [0.2, 0.25) is 0 Å². The maximum atomic E-state index is 13.3. The van der Waals surface area contributed by atoms with Crippen molar-refractivity contribution in [2.24, 2.45) is 0 Å². The lowest BCUT2D eigenvalue weighted by atomic mass is 10.1. The van der Waals surface area contributed by atoms with E-state index in [1.165, 1.54) is 30.5 Å². The third-order valence-electron chi connectivity index (χ3n) is 3.49. The van der Waals surface area contributed by atoms with Gasteiger partial charge in [-0.1, -0.05) is 24.3 Å². The number of aryl methyl sites for hydroxylation is 1. The lowest BCUT2D eigenvalue weighted by Crippen LogP contribution is -2.02. The van der Waals surface area contributed by atoms with E-state index in [2.05, 4.69) is 9.97 Å². The molecule has 1 atom stereocenters. The molecule has 1 unspecified atom stereocenters. The van der Waals surface area contributed by atoms with Crippen LogP contribution in [0.3, 0.4) is 0 Å². The summed E-state index contributed by atoms with van der Waals surface area (Å²) in [5.74, 6) is -0.343. The molecule has 0 aliphatic heterocycles. The molecule has 1 aromatic heterocycles. The second kappa shape index (κ2) is 5.69. The number of nitrogens with zero attached hydrogens (tertiary/aromatic N) is 1. The normalized spacial score (nSPS) is 12.4. The predicted octanol–water partition coefficient (Wildman–Crippen LogP) is 3.75.